The van der Waals surface area contributed by atoms with E-state index in [0.29, 0.717) is 13.0 Å². The number of benzene rings is 2. The smallest absolute Gasteiger partial charge is 0.199 e. The molecular formula is C22H31NO2+. The summed E-state index contributed by atoms with van der Waals surface area (Å²) in [6, 6.07) is 14.4. The van der Waals surface area contributed by atoms with Crippen LogP contribution in [0.1, 0.15) is 70.3 Å². The number of hydroxylamine groups is 1. The lowest BCUT2D eigenvalue weighted by Gasteiger charge is -2.04. The highest BCUT2D eigenvalue weighted by atomic mass is 16.7. The molecule has 3 nitrogen and oxygen atoms in total. The van der Waals surface area contributed by atoms with Crippen molar-refractivity contribution in [3.8, 4) is 0 Å². The minimum Gasteiger partial charge on any atom is -0.199 e. The Morgan fingerprint density at radius 3 is 2.36 bits per heavy atom. The summed E-state index contributed by atoms with van der Waals surface area (Å²) in [4.78, 5) is 17.0. The van der Waals surface area contributed by atoms with Gasteiger partial charge in [0.2, 0.25) is 0 Å². The van der Waals surface area contributed by atoms with Gasteiger partial charge in [-0.1, -0.05) is 94.3 Å². The minimum atomic E-state index is -0.161. The number of hydrogen-bond acceptors (Lipinski definition) is 3. The van der Waals surface area contributed by atoms with Crippen molar-refractivity contribution < 1.29 is 9.63 Å². The van der Waals surface area contributed by atoms with Crippen molar-refractivity contribution in [2.24, 2.45) is 0 Å². The van der Waals surface area contributed by atoms with Crippen molar-refractivity contribution in [2.75, 3.05) is 0 Å². The summed E-state index contributed by atoms with van der Waals surface area (Å²) >= 11 is 0. The standard InChI is InChI=1S/C22H31NO2/c1-2-3-4-5-6-7-8-9-17-22(24)25-23-18-20-15-12-14-19-13-10-11-16-21(19)20/h10-16,23H,2-9,17-18H2,1H3/q+1. The van der Waals surface area contributed by atoms with Crippen LogP contribution in [0.3, 0.4) is 0 Å². The number of carbonyl (C=O) groups excluding carboxylic acids is 1. The van der Waals surface area contributed by atoms with Gasteiger partial charge in [0.1, 0.15) is 6.42 Å². The topological polar surface area (TPSA) is 41.2 Å². The lowest BCUT2D eigenvalue weighted by molar-refractivity contribution is -0.151. The third-order valence-corrected chi connectivity index (χ3v) is 4.56. The van der Waals surface area contributed by atoms with Crippen molar-refractivity contribution in [1.82, 2.24) is 5.48 Å². The molecule has 2 aromatic rings. The molecule has 0 saturated carbocycles. The number of unbranched alkanes of at least 4 members (excludes halogenated alkanes) is 7. The van der Waals surface area contributed by atoms with Gasteiger partial charge in [-0.3, -0.25) is 0 Å². The molecule has 0 aliphatic carbocycles. The van der Waals surface area contributed by atoms with Crippen LogP contribution in [0.4, 0.5) is 0 Å². The zero-order valence-electron chi connectivity index (χ0n) is 15.4. The zero-order chi connectivity index (χ0) is 17.7. The zero-order valence-corrected chi connectivity index (χ0v) is 15.4. The van der Waals surface area contributed by atoms with Gasteiger partial charge in [-0.25, -0.2) is 0 Å². The molecule has 2 rings (SSSR count). The fourth-order valence-electron chi connectivity index (χ4n) is 3.10. The van der Waals surface area contributed by atoms with Crippen molar-refractivity contribution in [2.45, 2.75) is 71.3 Å². The molecule has 0 saturated heterocycles. The van der Waals surface area contributed by atoms with Gasteiger partial charge in [0.05, 0.1) is 11.3 Å². The van der Waals surface area contributed by atoms with Gasteiger partial charge in [-0.15, -0.1) is 0 Å². The van der Waals surface area contributed by atoms with E-state index in [1.165, 1.54) is 49.3 Å². The SMILES string of the molecule is CCCCCCCCCCC(=[O+])ONCc1cccc2ccccc12. The van der Waals surface area contributed by atoms with Crippen LogP contribution in [0.15, 0.2) is 42.5 Å². The molecule has 0 heterocycles. The van der Waals surface area contributed by atoms with E-state index >= 15 is 0 Å². The molecule has 3 heteroatoms. The van der Waals surface area contributed by atoms with Crippen LogP contribution in [0.25, 0.3) is 10.8 Å². The highest BCUT2D eigenvalue weighted by Crippen LogP contribution is 2.18. The van der Waals surface area contributed by atoms with Crippen LogP contribution in [-0.2, 0) is 16.2 Å². The summed E-state index contributed by atoms with van der Waals surface area (Å²) in [6.45, 7) is 2.77. The Kier molecular flexibility index (Phi) is 9.06. The quantitative estimate of drug-likeness (QED) is 0.296. The molecule has 0 aromatic heterocycles. The Morgan fingerprint density at radius 1 is 0.880 bits per heavy atom. The second-order valence-corrected chi connectivity index (χ2v) is 6.66. The molecular weight excluding hydrogens is 310 g/mol. The van der Waals surface area contributed by atoms with Crippen molar-refractivity contribution in [3.63, 3.8) is 0 Å². The minimum absolute atomic E-state index is 0.161. The highest BCUT2D eigenvalue weighted by Gasteiger charge is 2.16. The van der Waals surface area contributed by atoms with Gasteiger partial charge in [-0.2, -0.15) is 4.84 Å². The molecule has 25 heavy (non-hydrogen) atoms. The molecule has 0 atom stereocenters. The lowest BCUT2D eigenvalue weighted by atomic mass is 10.1. The Morgan fingerprint density at radius 2 is 1.56 bits per heavy atom. The fraction of sp³-hybridized carbons (Fsp3) is 0.500. The van der Waals surface area contributed by atoms with E-state index in [-0.39, 0.29) is 5.97 Å². The molecule has 0 unspecified atom stereocenters. The predicted octanol–water partition coefficient (Wildman–Crippen LogP) is 5.92. The third-order valence-electron chi connectivity index (χ3n) is 4.56. The van der Waals surface area contributed by atoms with Crippen LogP contribution < -0.4 is 5.48 Å². The second-order valence-electron chi connectivity index (χ2n) is 6.66. The molecule has 0 fully saturated rings. The largest absolute Gasteiger partial charge is 0.597 e. The summed E-state index contributed by atoms with van der Waals surface area (Å²) in [6.07, 6.45) is 10.3. The Balaban J connectivity index is 1.58. The van der Waals surface area contributed by atoms with Gasteiger partial charge in [0, 0.05) is 0 Å². The summed E-state index contributed by atoms with van der Waals surface area (Å²) in [5.74, 6) is -0.161. The highest BCUT2D eigenvalue weighted by molar-refractivity contribution is 5.85. The van der Waals surface area contributed by atoms with E-state index in [1.54, 1.807) is 0 Å². The van der Waals surface area contributed by atoms with Crippen molar-refractivity contribution in [1.29, 1.82) is 0 Å². The monoisotopic (exact) mass is 341 g/mol. The van der Waals surface area contributed by atoms with Gasteiger partial charge < -0.3 is 0 Å². The number of rotatable bonds is 12. The van der Waals surface area contributed by atoms with Crippen LogP contribution in [-0.4, -0.2) is 5.97 Å². The normalized spacial score (nSPS) is 10.9. The maximum absolute atomic E-state index is 11.8. The van der Waals surface area contributed by atoms with Crippen LogP contribution in [0.5, 0.6) is 0 Å². The van der Waals surface area contributed by atoms with Gasteiger partial charge in [-0.05, 0) is 28.2 Å². The first-order valence-corrected chi connectivity index (χ1v) is 9.70. The molecule has 1 radical (unpaired) electrons. The molecule has 0 aliphatic heterocycles. The number of fused-ring (bicyclic) bond motifs is 1. The van der Waals surface area contributed by atoms with Gasteiger partial charge in [0.15, 0.2) is 0 Å². The van der Waals surface area contributed by atoms with E-state index in [9.17, 15) is 4.79 Å². The summed E-state index contributed by atoms with van der Waals surface area (Å²) in [5, 5.41) is 2.39. The third kappa shape index (κ3) is 7.27. The molecule has 0 aliphatic rings. The van der Waals surface area contributed by atoms with Crippen molar-refractivity contribution >= 4 is 16.7 Å². The maximum atomic E-state index is 11.8. The van der Waals surface area contributed by atoms with E-state index in [0.717, 1.165) is 18.4 Å². The molecule has 0 spiro atoms. The first-order chi connectivity index (χ1) is 12.3. The van der Waals surface area contributed by atoms with E-state index in [1.807, 2.05) is 18.2 Å². The average molecular weight is 341 g/mol. The molecule has 135 valence electrons. The molecule has 2 aromatic carbocycles. The van der Waals surface area contributed by atoms with Crippen molar-refractivity contribution in [3.05, 3.63) is 48.0 Å². The number of hydrogen-bond donors (Lipinski definition) is 1. The number of nitrogens with one attached hydrogen (secondary N) is 1. The molecule has 0 amide bonds. The first-order valence-electron chi connectivity index (χ1n) is 9.70. The first kappa shape index (κ1) is 19.5. The second kappa shape index (κ2) is 11.6. The number of carbonyl (C=O) groups is 1. The van der Waals surface area contributed by atoms with E-state index in [2.05, 4.69) is 36.7 Å². The summed E-state index contributed by atoms with van der Waals surface area (Å²) < 4.78 is 0. The van der Waals surface area contributed by atoms with Gasteiger partial charge in [0.25, 0.3) is 0 Å². The van der Waals surface area contributed by atoms with Gasteiger partial charge >= 0.3 is 5.97 Å². The van der Waals surface area contributed by atoms with Crippen LogP contribution in [0.2, 0.25) is 0 Å². The predicted molar refractivity (Wildman–Crippen MR) is 104 cm³/mol. The Bertz CT molecular complexity index is 633. The van der Waals surface area contributed by atoms with Crippen LogP contribution >= 0.6 is 0 Å². The summed E-state index contributed by atoms with van der Waals surface area (Å²) in [7, 11) is 0. The summed E-state index contributed by atoms with van der Waals surface area (Å²) in [5.41, 5.74) is 3.96. The molecule has 0 bridgehead atoms. The lowest BCUT2D eigenvalue weighted by Crippen LogP contribution is -2.19. The average Bonchev–Trinajstić information content (AvgIpc) is 2.64. The Hall–Kier alpha value is -1.87. The maximum Gasteiger partial charge on any atom is 0.597 e. The molecule has 1 N–H and O–H groups in total. The Labute approximate surface area is 151 Å². The van der Waals surface area contributed by atoms with E-state index in [4.69, 9.17) is 4.84 Å². The van der Waals surface area contributed by atoms with Crippen LogP contribution in [0, 0.1) is 0 Å². The fourth-order valence-corrected chi connectivity index (χ4v) is 3.10. The van der Waals surface area contributed by atoms with E-state index < -0.39 is 0 Å².